The predicted molar refractivity (Wildman–Crippen MR) is 59.8 cm³/mol. The maximum atomic E-state index is 5.16. The molecule has 2 aromatic rings. The number of ether oxygens (including phenoxy) is 1. The van der Waals surface area contributed by atoms with Gasteiger partial charge in [-0.1, -0.05) is 0 Å². The molecule has 1 unspecified atom stereocenters. The second kappa shape index (κ2) is 3.75. The summed E-state index contributed by atoms with van der Waals surface area (Å²) in [4.78, 5) is 4.54. The van der Waals surface area contributed by atoms with E-state index < -0.39 is 0 Å². The fourth-order valence-electron chi connectivity index (χ4n) is 2.06. The molecule has 0 saturated carbocycles. The summed E-state index contributed by atoms with van der Waals surface area (Å²) in [5.74, 6) is 2.19. The molecule has 1 N–H and O–H groups in total. The van der Waals surface area contributed by atoms with E-state index in [4.69, 9.17) is 4.74 Å². The lowest BCUT2D eigenvalue weighted by Crippen LogP contribution is -2.08. The molecule has 84 valence electrons. The molecule has 3 rings (SSSR count). The Hall–Kier alpha value is -1.62. The van der Waals surface area contributed by atoms with Crippen LogP contribution in [0.3, 0.4) is 0 Å². The molecule has 0 radical (unpaired) electrons. The molecule has 2 aromatic heterocycles. The van der Waals surface area contributed by atoms with Gasteiger partial charge in [-0.05, 0) is 19.0 Å². The van der Waals surface area contributed by atoms with E-state index in [0.29, 0.717) is 5.92 Å². The van der Waals surface area contributed by atoms with E-state index in [9.17, 15) is 0 Å². The average molecular weight is 218 g/mol. The standard InChI is InChI=1S/C11H14N4O/c1-16-9-3-5-15-10(6-9)13-11(14-15)8-2-4-12-7-8/h3,5-6,8,12H,2,4,7H2,1H3. The van der Waals surface area contributed by atoms with Crippen molar-refractivity contribution < 1.29 is 4.74 Å². The van der Waals surface area contributed by atoms with Crippen molar-refractivity contribution in [2.75, 3.05) is 20.2 Å². The first-order valence-electron chi connectivity index (χ1n) is 5.48. The highest BCUT2D eigenvalue weighted by Gasteiger charge is 2.20. The third kappa shape index (κ3) is 1.53. The minimum absolute atomic E-state index is 0.450. The van der Waals surface area contributed by atoms with Gasteiger partial charge in [-0.3, -0.25) is 0 Å². The summed E-state index contributed by atoms with van der Waals surface area (Å²) in [5, 5.41) is 7.80. The molecule has 5 nitrogen and oxygen atoms in total. The summed E-state index contributed by atoms with van der Waals surface area (Å²) in [6.07, 6.45) is 3.00. The second-order valence-corrected chi connectivity index (χ2v) is 4.03. The number of methoxy groups -OCH3 is 1. The monoisotopic (exact) mass is 218 g/mol. The summed E-state index contributed by atoms with van der Waals surface area (Å²) >= 11 is 0. The Kier molecular flexibility index (Phi) is 2.25. The van der Waals surface area contributed by atoms with Crippen LogP contribution in [0.1, 0.15) is 18.2 Å². The summed E-state index contributed by atoms with van der Waals surface area (Å²) in [6, 6.07) is 3.79. The zero-order valence-corrected chi connectivity index (χ0v) is 9.18. The van der Waals surface area contributed by atoms with Gasteiger partial charge in [0.1, 0.15) is 5.75 Å². The number of hydrogen-bond donors (Lipinski definition) is 1. The fraction of sp³-hybridized carbons (Fsp3) is 0.455. The summed E-state index contributed by atoms with van der Waals surface area (Å²) < 4.78 is 6.97. The molecule has 1 saturated heterocycles. The predicted octanol–water partition coefficient (Wildman–Crippen LogP) is 0.815. The van der Waals surface area contributed by atoms with E-state index in [2.05, 4.69) is 15.4 Å². The van der Waals surface area contributed by atoms with Gasteiger partial charge < -0.3 is 10.1 Å². The van der Waals surface area contributed by atoms with Crippen molar-refractivity contribution in [2.24, 2.45) is 0 Å². The number of fused-ring (bicyclic) bond motifs is 1. The van der Waals surface area contributed by atoms with Gasteiger partial charge in [-0.15, -0.1) is 0 Å². The average Bonchev–Trinajstić information content (AvgIpc) is 2.96. The van der Waals surface area contributed by atoms with Crippen LogP contribution in [0.15, 0.2) is 18.3 Å². The smallest absolute Gasteiger partial charge is 0.159 e. The number of nitrogens with one attached hydrogen (secondary N) is 1. The van der Waals surface area contributed by atoms with Gasteiger partial charge in [-0.25, -0.2) is 9.50 Å². The molecule has 1 aliphatic rings. The summed E-state index contributed by atoms with van der Waals surface area (Å²) in [6.45, 7) is 2.04. The van der Waals surface area contributed by atoms with Crippen LogP contribution in [0.4, 0.5) is 0 Å². The van der Waals surface area contributed by atoms with Crippen LogP contribution in [-0.2, 0) is 0 Å². The molecule has 1 fully saturated rings. The minimum atomic E-state index is 0.450. The number of rotatable bonds is 2. The van der Waals surface area contributed by atoms with Crippen molar-refractivity contribution >= 4 is 5.65 Å². The van der Waals surface area contributed by atoms with Gasteiger partial charge in [0.15, 0.2) is 11.5 Å². The lowest BCUT2D eigenvalue weighted by Gasteiger charge is -1.99. The maximum Gasteiger partial charge on any atom is 0.159 e. The molecule has 0 aromatic carbocycles. The third-order valence-electron chi connectivity index (χ3n) is 2.99. The molecule has 1 aliphatic heterocycles. The summed E-state index contributed by atoms with van der Waals surface area (Å²) in [7, 11) is 1.66. The highest BCUT2D eigenvalue weighted by atomic mass is 16.5. The van der Waals surface area contributed by atoms with Crippen molar-refractivity contribution in [2.45, 2.75) is 12.3 Å². The van der Waals surface area contributed by atoms with Gasteiger partial charge in [0, 0.05) is 24.7 Å². The van der Waals surface area contributed by atoms with Gasteiger partial charge in [-0.2, -0.15) is 5.10 Å². The number of nitrogens with zero attached hydrogens (tertiary/aromatic N) is 3. The highest BCUT2D eigenvalue weighted by molar-refractivity contribution is 5.43. The zero-order valence-electron chi connectivity index (χ0n) is 9.18. The van der Waals surface area contributed by atoms with Crippen LogP contribution in [0, 0.1) is 0 Å². The van der Waals surface area contributed by atoms with E-state index >= 15 is 0 Å². The van der Waals surface area contributed by atoms with E-state index in [0.717, 1.165) is 36.7 Å². The fourth-order valence-corrected chi connectivity index (χ4v) is 2.06. The van der Waals surface area contributed by atoms with Gasteiger partial charge in [0.25, 0.3) is 0 Å². The molecular formula is C11H14N4O. The lowest BCUT2D eigenvalue weighted by atomic mass is 10.1. The van der Waals surface area contributed by atoms with E-state index in [-0.39, 0.29) is 0 Å². The van der Waals surface area contributed by atoms with E-state index in [1.807, 2.05) is 18.3 Å². The molecule has 0 amide bonds. The molecule has 5 heteroatoms. The van der Waals surface area contributed by atoms with Crippen molar-refractivity contribution in [1.29, 1.82) is 0 Å². The van der Waals surface area contributed by atoms with Crippen molar-refractivity contribution in [3.8, 4) is 5.75 Å². The molecule has 0 aliphatic carbocycles. The Morgan fingerprint density at radius 3 is 3.25 bits per heavy atom. The van der Waals surface area contributed by atoms with Crippen LogP contribution in [0.25, 0.3) is 5.65 Å². The molecule has 16 heavy (non-hydrogen) atoms. The first-order valence-corrected chi connectivity index (χ1v) is 5.48. The van der Waals surface area contributed by atoms with Crippen LogP contribution in [0.2, 0.25) is 0 Å². The molecular weight excluding hydrogens is 204 g/mol. The number of aromatic nitrogens is 3. The largest absolute Gasteiger partial charge is 0.497 e. The van der Waals surface area contributed by atoms with Gasteiger partial charge in [0.2, 0.25) is 0 Å². The lowest BCUT2D eigenvalue weighted by molar-refractivity contribution is 0.414. The van der Waals surface area contributed by atoms with E-state index in [1.165, 1.54) is 0 Å². The van der Waals surface area contributed by atoms with Gasteiger partial charge >= 0.3 is 0 Å². The first-order chi connectivity index (χ1) is 7.86. The van der Waals surface area contributed by atoms with E-state index in [1.54, 1.807) is 11.6 Å². The van der Waals surface area contributed by atoms with Crippen molar-refractivity contribution in [1.82, 2.24) is 19.9 Å². The Bertz CT molecular complexity index is 502. The van der Waals surface area contributed by atoms with Crippen molar-refractivity contribution in [3.05, 3.63) is 24.2 Å². The molecule has 1 atom stereocenters. The maximum absolute atomic E-state index is 5.16. The molecule has 0 bridgehead atoms. The zero-order chi connectivity index (χ0) is 11.0. The normalized spacial score (nSPS) is 20.4. The first kappa shape index (κ1) is 9.59. The molecule has 3 heterocycles. The Labute approximate surface area is 93.4 Å². The topological polar surface area (TPSA) is 51.5 Å². The summed E-state index contributed by atoms with van der Waals surface area (Å²) in [5.41, 5.74) is 0.848. The highest BCUT2D eigenvalue weighted by Crippen LogP contribution is 2.20. The van der Waals surface area contributed by atoms with Gasteiger partial charge in [0.05, 0.1) is 7.11 Å². The van der Waals surface area contributed by atoms with Crippen LogP contribution >= 0.6 is 0 Å². The Morgan fingerprint density at radius 2 is 2.50 bits per heavy atom. The SMILES string of the molecule is COc1ccn2nc(C3CCNC3)nc2c1. The van der Waals surface area contributed by atoms with Crippen LogP contribution < -0.4 is 10.1 Å². The van der Waals surface area contributed by atoms with Crippen molar-refractivity contribution in [3.63, 3.8) is 0 Å². The molecule has 0 spiro atoms. The third-order valence-corrected chi connectivity index (χ3v) is 2.99. The quantitative estimate of drug-likeness (QED) is 0.810. The Balaban J connectivity index is 2.01. The second-order valence-electron chi connectivity index (χ2n) is 4.03. The Morgan fingerprint density at radius 1 is 1.56 bits per heavy atom. The number of pyridine rings is 1. The minimum Gasteiger partial charge on any atom is -0.497 e. The number of hydrogen-bond acceptors (Lipinski definition) is 4. The van der Waals surface area contributed by atoms with Crippen LogP contribution in [0.5, 0.6) is 5.75 Å². The van der Waals surface area contributed by atoms with Crippen LogP contribution in [-0.4, -0.2) is 34.8 Å².